The summed E-state index contributed by atoms with van der Waals surface area (Å²) >= 11 is 0. The van der Waals surface area contributed by atoms with Crippen molar-refractivity contribution in [3.8, 4) is 6.07 Å². The molecule has 1 aliphatic rings. The lowest BCUT2D eigenvalue weighted by Crippen LogP contribution is -2.53. The fourth-order valence-corrected chi connectivity index (χ4v) is 3.31. The summed E-state index contributed by atoms with van der Waals surface area (Å²) < 4.78 is 5.72. The van der Waals surface area contributed by atoms with Crippen LogP contribution in [-0.4, -0.2) is 23.2 Å². The van der Waals surface area contributed by atoms with Gasteiger partial charge in [-0.05, 0) is 63.4 Å². The monoisotopic (exact) mass is 363 g/mol. The maximum Gasteiger partial charge on any atom is 0.429 e. The van der Waals surface area contributed by atoms with Gasteiger partial charge in [0, 0.05) is 6.54 Å². The average molecular weight is 363 g/mol. The lowest BCUT2D eigenvalue weighted by atomic mass is 9.99. The van der Waals surface area contributed by atoms with Crippen LogP contribution in [0.3, 0.4) is 0 Å². The topological polar surface area (TPSA) is 56.6 Å². The number of anilines is 1. The Morgan fingerprint density at radius 2 is 1.78 bits per heavy atom. The second-order valence-electron chi connectivity index (χ2n) is 7.68. The van der Waals surface area contributed by atoms with E-state index in [9.17, 15) is 4.79 Å². The number of nitriles is 1. The minimum atomic E-state index is -0.577. The molecule has 0 aliphatic carbocycles. The Balaban J connectivity index is 1.99. The molecule has 140 valence electrons. The van der Waals surface area contributed by atoms with Crippen LogP contribution in [0.25, 0.3) is 0 Å². The Morgan fingerprint density at radius 1 is 1.11 bits per heavy atom. The van der Waals surface area contributed by atoms with Gasteiger partial charge >= 0.3 is 6.09 Å². The highest BCUT2D eigenvalue weighted by atomic mass is 16.6. The first-order valence-electron chi connectivity index (χ1n) is 9.24. The molecular formula is C22H25N3O2. The maximum atomic E-state index is 13.1. The van der Waals surface area contributed by atoms with Crippen LogP contribution in [0.2, 0.25) is 0 Å². The third kappa shape index (κ3) is 4.40. The molecule has 0 unspecified atom stereocenters. The summed E-state index contributed by atoms with van der Waals surface area (Å²) in [4.78, 5) is 13.1. The van der Waals surface area contributed by atoms with Gasteiger partial charge in [0.2, 0.25) is 0 Å². The van der Waals surface area contributed by atoms with E-state index >= 15 is 0 Å². The van der Waals surface area contributed by atoms with Crippen LogP contribution in [0, 0.1) is 11.3 Å². The van der Waals surface area contributed by atoms with Gasteiger partial charge in [-0.25, -0.2) is 9.80 Å². The van der Waals surface area contributed by atoms with E-state index in [1.165, 1.54) is 0 Å². The molecule has 1 heterocycles. The Bertz CT molecular complexity index is 819. The molecule has 0 saturated carbocycles. The SMILES string of the molecule is CC(C)(C)OC(=O)N1[C@@H](c2ccccc2)CCCN1c1ccc(C#N)cc1. The minimum absolute atomic E-state index is 0.0922. The number of rotatable bonds is 2. The molecule has 5 nitrogen and oxygen atoms in total. The molecule has 0 spiro atoms. The second-order valence-corrected chi connectivity index (χ2v) is 7.68. The summed E-state index contributed by atoms with van der Waals surface area (Å²) in [6.07, 6.45) is 1.47. The number of carbonyl (C=O) groups excluding carboxylic acids is 1. The zero-order valence-corrected chi connectivity index (χ0v) is 16.1. The van der Waals surface area contributed by atoms with Crippen LogP contribution >= 0.6 is 0 Å². The first-order valence-corrected chi connectivity index (χ1v) is 9.24. The fraction of sp³-hybridized carbons (Fsp3) is 0.364. The van der Waals surface area contributed by atoms with Crippen molar-refractivity contribution in [3.05, 3.63) is 65.7 Å². The predicted molar refractivity (Wildman–Crippen MR) is 105 cm³/mol. The van der Waals surface area contributed by atoms with Gasteiger partial charge in [-0.2, -0.15) is 5.26 Å². The van der Waals surface area contributed by atoms with Crippen LogP contribution in [0.15, 0.2) is 54.6 Å². The molecule has 1 saturated heterocycles. The van der Waals surface area contributed by atoms with E-state index in [1.54, 1.807) is 17.1 Å². The first kappa shape index (κ1) is 18.8. The molecule has 0 bridgehead atoms. The summed E-state index contributed by atoms with van der Waals surface area (Å²) in [6, 6.07) is 19.4. The van der Waals surface area contributed by atoms with E-state index in [-0.39, 0.29) is 12.1 Å². The highest BCUT2D eigenvalue weighted by Crippen LogP contribution is 2.35. The third-order valence-corrected chi connectivity index (χ3v) is 4.46. The molecule has 2 aromatic carbocycles. The van der Waals surface area contributed by atoms with Crippen molar-refractivity contribution < 1.29 is 9.53 Å². The van der Waals surface area contributed by atoms with E-state index in [0.717, 1.165) is 24.1 Å². The van der Waals surface area contributed by atoms with Crippen LogP contribution in [-0.2, 0) is 4.74 Å². The number of nitrogens with zero attached hydrogens (tertiary/aromatic N) is 3. The van der Waals surface area contributed by atoms with E-state index in [0.29, 0.717) is 12.1 Å². The quantitative estimate of drug-likeness (QED) is 0.749. The van der Waals surface area contributed by atoms with Crippen LogP contribution in [0.1, 0.15) is 50.8 Å². The Hall–Kier alpha value is -3.00. The van der Waals surface area contributed by atoms with Crippen LogP contribution in [0.4, 0.5) is 10.5 Å². The highest BCUT2D eigenvalue weighted by Gasteiger charge is 2.37. The van der Waals surface area contributed by atoms with E-state index < -0.39 is 5.60 Å². The normalized spacial score (nSPS) is 17.3. The van der Waals surface area contributed by atoms with Gasteiger partial charge in [0.15, 0.2) is 0 Å². The standard InChI is InChI=1S/C22H25N3O2/c1-22(2,3)27-21(26)25-20(18-8-5-4-6-9-18)10-7-15-24(25)19-13-11-17(16-23)12-14-19/h4-6,8-9,11-14,20H,7,10,15H2,1-3H3/t20-/m1/s1. The van der Waals surface area contributed by atoms with Gasteiger partial charge in [-0.3, -0.25) is 5.01 Å². The fourth-order valence-electron chi connectivity index (χ4n) is 3.31. The number of benzene rings is 2. The van der Waals surface area contributed by atoms with Crippen molar-refractivity contribution in [3.63, 3.8) is 0 Å². The Kier molecular flexibility index (Phi) is 5.36. The van der Waals surface area contributed by atoms with Crippen molar-refractivity contribution in [2.45, 2.75) is 45.3 Å². The molecule has 2 aromatic rings. The third-order valence-electron chi connectivity index (χ3n) is 4.46. The minimum Gasteiger partial charge on any atom is -0.442 e. The van der Waals surface area contributed by atoms with Crippen LogP contribution < -0.4 is 5.01 Å². The summed E-state index contributed by atoms with van der Waals surface area (Å²) in [6.45, 7) is 6.34. The molecule has 0 aromatic heterocycles. The number of carbonyl (C=O) groups is 1. The Labute approximate surface area is 160 Å². The highest BCUT2D eigenvalue weighted by molar-refractivity contribution is 5.72. The lowest BCUT2D eigenvalue weighted by Gasteiger charge is -2.45. The van der Waals surface area contributed by atoms with Crippen molar-refractivity contribution in [1.82, 2.24) is 5.01 Å². The number of hydrazine groups is 1. The van der Waals surface area contributed by atoms with Gasteiger partial charge in [0.25, 0.3) is 0 Å². The first-order chi connectivity index (χ1) is 12.9. The van der Waals surface area contributed by atoms with Gasteiger partial charge in [-0.1, -0.05) is 30.3 Å². The number of hydrogen-bond donors (Lipinski definition) is 0. The summed E-state index contributed by atoms with van der Waals surface area (Å²) in [5.41, 5.74) is 1.98. The second kappa shape index (κ2) is 7.71. The van der Waals surface area contributed by atoms with Gasteiger partial charge in [0.05, 0.1) is 23.4 Å². The van der Waals surface area contributed by atoms with Crippen LogP contribution in [0.5, 0.6) is 0 Å². The number of ether oxygens (including phenoxy) is 1. The van der Waals surface area contributed by atoms with E-state index in [4.69, 9.17) is 10.00 Å². The molecule has 5 heteroatoms. The molecule has 0 radical (unpaired) electrons. The van der Waals surface area contributed by atoms with Crippen molar-refractivity contribution in [2.24, 2.45) is 0 Å². The largest absolute Gasteiger partial charge is 0.442 e. The summed E-state index contributed by atoms with van der Waals surface area (Å²) in [5.74, 6) is 0. The van der Waals surface area contributed by atoms with E-state index in [2.05, 4.69) is 6.07 Å². The average Bonchev–Trinajstić information content (AvgIpc) is 2.67. The number of amides is 1. The predicted octanol–water partition coefficient (Wildman–Crippen LogP) is 5.05. The maximum absolute atomic E-state index is 13.1. The molecule has 27 heavy (non-hydrogen) atoms. The van der Waals surface area contributed by atoms with Gasteiger partial charge in [0.1, 0.15) is 5.60 Å². The lowest BCUT2D eigenvalue weighted by molar-refractivity contribution is 0.00647. The molecule has 1 atom stereocenters. The molecule has 1 fully saturated rings. The molecule has 1 amide bonds. The summed E-state index contributed by atoms with van der Waals surface area (Å²) in [5, 5.41) is 12.7. The zero-order valence-electron chi connectivity index (χ0n) is 16.1. The molecule has 3 rings (SSSR count). The molecule has 1 aliphatic heterocycles. The van der Waals surface area contributed by atoms with Crippen molar-refractivity contribution in [1.29, 1.82) is 5.26 Å². The number of hydrogen-bond acceptors (Lipinski definition) is 4. The van der Waals surface area contributed by atoms with Gasteiger partial charge in [-0.15, -0.1) is 0 Å². The van der Waals surface area contributed by atoms with Crippen molar-refractivity contribution in [2.75, 3.05) is 11.6 Å². The summed E-state index contributed by atoms with van der Waals surface area (Å²) in [7, 11) is 0. The Morgan fingerprint density at radius 3 is 2.37 bits per heavy atom. The van der Waals surface area contributed by atoms with Gasteiger partial charge < -0.3 is 4.74 Å². The molecular weight excluding hydrogens is 338 g/mol. The van der Waals surface area contributed by atoms with E-state index in [1.807, 2.05) is 68.2 Å². The zero-order chi connectivity index (χ0) is 19.4. The smallest absolute Gasteiger partial charge is 0.429 e. The van der Waals surface area contributed by atoms with Crippen molar-refractivity contribution >= 4 is 11.8 Å². The molecule has 0 N–H and O–H groups in total.